The van der Waals surface area contributed by atoms with Gasteiger partial charge in [0.25, 0.3) is 11.4 Å². The number of hydrogen-bond donors (Lipinski definition) is 2. The summed E-state index contributed by atoms with van der Waals surface area (Å²) in [7, 11) is 1.19. The SMILES string of the molecule is CC(C)(C)OC(=O)NCCCC(=O)Oc1ccc([N+](=O)[O-])cc1[N+](=O)[O-].COC(=O)N=C(NC(=O)OCC1c2ccccc2-c2ccccc21)n1cccn1.O=C(Oc1c(F)c(F)c(F)c(F)c1F)C1CCN(C(=O)OCc2ccccc2)CC1.O=C(Oc1ccc([N+](=O)[O-])cc1[N+](=O)[O-])C1CCN(C(=O)OCc2ccccc2)CC1. The number of esters is 3. The molecule has 0 radical (unpaired) electrons. The molecule has 1 aliphatic carbocycles. The Morgan fingerprint density at radius 2 is 0.991 bits per heavy atom. The molecule has 0 bridgehead atoms. The number of amides is 5. The van der Waals surface area contributed by atoms with Gasteiger partial charge in [-0.15, -0.1) is 4.99 Å². The lowest BCUT2D eigenvalue weighted by Gasteiger charge is -2.30. The third-order valence-corrected chi connectivity index (χ3v) is 17.0. The van der Waals surface area contributed by atoms with Gasteiger partial charge >= 0.3 is 59.7 Å². The maximum Gasteiger partial charge on any atom is 0.436 e. The summed E-state index contributed by atoms with van der Waals surface area (Å²) < 4.78 is 108. The molecule has 5 amide bonds. The molecule has 0 spiro atoms. The van der Waals surface area contributed by atoms with E-state index >= 15 is 0 Å². The summed E-state index contributed by atoms with van der Waals surface area (Å²) in [5, 5.41) is 52.4. The Kier molecular flexibility index (Phi) is 31.0. The minimum atomic E-state index is -2.34. The predicted octanol–water partition coefficient (Wildman–Crippen LogP) is 13.9. The largest absolute Gasteiger partial charge is 0.451 e. The van der Waals surface area contributed by atoms with Crippen molar-refractivity contribution in [2.24, 2.45) is 16.8 Å². The van der Waals surface area contributed by atoms with E-state index in [4.69, 9.17) is 28.4 Å². The number of aromatic nitrogens is 2. The van der Waals surface area contributed by atoms with Crippen LogP contribution in [0.2, 0.25) is 0 Å². The molecule has 7 aromatic carbocycles. The van der Waals surface area contributed by atoms with Gasteiger partial charge in [-0.05, 0) is 104 Å². The molecular weight excluding hydrogens is 1550 g/mol. The molecule has 0 atom stereocenters. The summed E-state index contributed by atoms with van der Waals surface area (Å²) >= 11 is 0. The van der Waals surface area contributed by atoms with Crippen molar-refractivity contribution in [3.8, 4) is 28.4 Å². The topological polar surface area (TPSA) is 444 Å². The highest BCUT2D eigenvalue weighted by atomic mass is 19.2. The number of nitrogens with one attached hydrogen (secondary N) is 2. The van der Waals surface area contributed by atoms with Crippen LogP contribution in [0.3, 0.4) is 0 Å². The zero-order valence-corrected chi connectivity index (χ0v) is 61.9. The number of methoxy groups -OCH3 is 1. The van der Waals surface area contributed by atoms with E-state index in [0.29, 0.717) is 18.9 Å². The first kappa shape index (κ1) is 87.2. The number of alkyl carbamates (subject to hydrolysis) is 2. The summed E-state index contributed by atoms with van der Waals surface area (Å²) in [5.74, 6) is -17.8. The summed E-state index contributed by atoms with van der Waals surface area (Å²) in [6, 6.07) is 41.5. The maximum absolute atomic E-state index is 13.7. The quantitative estimate of drug-likeness (QED) is 0.00649. The normalized spacial score (nSPS) is 13.1. The lowest BCUT2D eigenvalue weighted by atomic mass is 9.97. The van der Waals surface area contributed by atoms with Gasteiger partial charge in [0, 0.05) is 69.6 Å². The van der Waals surface area contributed by atoms with Crippen LogP contribution < -0.4 is 24.8 Å². The van der Waals surface area contributed by atoms with E-state index in [0.717, 1.165) is 63.7 Å². The lowest BCUT2D eigenvalue weighted by molar-refractivity contribution is -0.394. The van der Waals surface area contributed by atoms with Crippen molar-refractivity contribution >= 4 is 77.1 Å². The van der Waals surface area contributed by atoms with Crippen LogP contribution in [0.15, 0.2) is 169 Å². The monoisotopic (exact) mass is 1620 g/mol. The molecular formula is C76H72F5N11O24. The average molecular weight is 1620 g/mol. The molecule has 8 aromatic rings. The van der Waals surface area contributed by atoms with Crippen LogP contribution in [-0.2, 0) is 51.3 Å². The number of aliphatic imine (C=N–C) groups is 1. The number of benzene rings is 7. The van der Waals surface area contributed by atoms with Crippen molar-refractivity contribution in [1.29, 1.82) is 0 Å². The van der Waals surface area contributed by atoms with Gasteiger partial charge in [0.05, 0.1) is 50.8 Å². The number of piperidine rings is 2. The number of carbonyl (C=O) groups is 8. The van der Waals surface area contributed by atoms with Crippen molar-refractivity contribution in [3.05, 3.63) is 256 Å². The van der Waals surface area contributed by atoms with Crippen molar-refractivity contribution in [2.75, 3.05) is 46.4 Å². The van der Waals surface area contributed by atoms with Gasteiger partial charge in [0.1, 0.15) is 25.4 Å². The molecule has 3 heterocycles. The van der Waals surface area contributed by atoms with Crippen molar-refractivity contribution in [2.45, 2.75) is 84.0 Å². The van der Waals surface area contributed by atoms with Crippen molar-refractivity contribution in [3.63, 3.8) is 0 Å². The van der Waals surface area contributed by atoms with Gasteiger partial charge in [-0.3, -0.25) is 60.2 Å². The summed E-state index contributed by atoms with van der Waals surface area (Å²) in [5.41, 5.74) is 3.21. The fourth-order valence-electron chi connectivity index (χ4n) is 11.3. The Labute approximate surface area is 654 Å². The fraction of sp³-hybridized carbons (Fsp3) is 0.289. The molecule has 116 heavy (non-hydrogen) atoms. The third-order valence-electron chi connectivity index (χ3n) is 17.0. The Hall–Kier alpha value is -14.4. The molecule has 2 N–H and O–H groups in total. The number of fused-ring (bicyclic) bond motifs is 3. The first-order chi connectivity index (χ1) is 55.3. The number of nitro groups is 4. The van der Waals surface area contributed by atoms with Gasteiger partial charge in [-0.1, -0.05) is 109 Å². The van der Waals surface area contributed by atoms with Crippen LogP contribution in [0, 0.1) is 81.4 Å². The number of rotatable bonds is 19. The summed E-state index contributed by atoms with van der Waals surface area (Å²) in [6.07, 6.45) is 0.577. The number of carbonyl (C=O) groups excluding carboxylic acids is 8. The van der Waals surface area contributed by atoms with Gasteiger partial charge in [0.15, 0.2) is 0 Å². The highest BCUT2D eigenvalue weighted by molar-refractivity contribution is 5.99. The number of nitro benzene ring substituents is 4. The standard InChI is InChI=1S/C21H18N4O4.C20H16F5NO4.C20H19N3O8.C15H19N3O8/c1-28-20(26)23-19(25-12-6-11-22-25)24-21(27)29-13-18-16-9-4-2-7-14(16)15-8-3-5-10-17(15)18;21-13-14(22)16(24)18(17(25)15(13)23)30-19(27)12-6-8-26(9-7-12)20(28)29-10-11-4-2-1-3-5-11;24-19(31-18-7-6-16(22(26)27)12-17(18)23(28)29)15-8-10-21(11-9-15)20(25)30-13-14-4-2-1-3-5-14;1-15(2,3)26-14(20)16-8-4-5-13(19)25-12-7-6-10(17(21)22)9-11(12)18(23)24/h2-12,18H,13H2,1H3,(H,23,24,26,27);1-5,12H,6-10H2;1-7,12,15H,8-11,13H2;6-7,9H,4-5,8H2,1-3H3,(H,16,20). The average Bonchev–Trinajstić information content (AvgIpc) is 1.63. The number of ether oxygens (including phenoxy) is 8. The number of nitrogens with zero attached hydrogens (tertiary/aromatic N) is 9. The van der Waals surface area contributed by atoms with Crippen LogP contribution in [-0.4, -0.2) is 146 Å². The zero-order chi connectivity index (χ0) is 84.3. The van der Waals surface area contributed by atoms with E-state index in [1.165, 1.54) is 34.0 Å². The fourth-order valence-corrected chi connectivity index (χ4v) is 11.3. The number of non-ortho nitro benzene ring substituents is 2. The van der Waals surface area contributed by atoms with E-state index in [1.54, 1.807) is 51.1 Å². The second kappa shape index (κ2) is 41.2. The Balaban J connectivity index is 0.000000194. The molecule has 40 heteroatoms. The van der Waals surface area contributed by atoms with Crippen molar-refractivity contribution in [1.82, 2.24) is 30.2 Å². The number of halogens is 5. The Morgan fingerprint density at radius 3 is 1.43 bits per heavy atom. The maximum atomic E-state index is 13.7. The highest BCUT2D eigenvalue weighted by Gasteiger charge is 2.36. The second-order valence-corrected chi connectivity index (χ2v) is 26.0. The summed E-state index contributed by atoms with van der Waals surface area (Å²) in [4.78, 5) is 143. The number of hydrogen-bond acceptors (Lipinski definition) is 25. The molecule has 35 nitrogen and oxygen atoms in total. The third kappa shape index (κ3) is 24.8. The van der Waals surface area contributed by atoms with E-state index in [2.05, 4.69) is 42.3 Å². The highest BCUT2D eigenvalue weighted by Crippen LogP contribution is 2.45. The minimum absolute atomic E-state index is 0.0705. The van der Waals surface area contributed by atoms with Crippen LogP contribution >= 0.6 is 0 Å². The van der Waals surface area contributed by atoms with Crippen LogP contribution in [0.1, 0.15) is 87.5 Å². The van der Waals surface area contributed by atoms with Crippen LogP contribution in [0.5, 0.6) is 17.2 Å². The molecule has 1 aromatic heterocycles. The minimum Gasteiger partial charge on any atom is -0.451 e. The first-order valence-corrected chi connectivity index (χ1v) is 35.0. The second-order valence-electron chi connectivity index (χ2n) is 26.0. The van der Waals surface area contributed by atoms with Crippen LogP contribution in [0.4, 0.5) is 68.7 Å². The molecule has 0 saturated carbocycles. The van der Waals surface area contributed by atoms with Gasteiger partial charge in [-0.2, -0.15) is 13.9 Å². The molecule has 2 saturated heterocycles. The van der Waals surface area contributed by atoms with Gasteiger partial charge in [-0.25, -0.2) is 41.8 Å². The van der Waals surface area contributed by atoms with Crippen LogP contribution in [0.25, 0.3) is 11.1 Å². The Morgan fingerprint density at radius 1 is 0.543 bits per heavy atom. The molecule has 610 valence electrons. The van der Waals surface area contributed by atoms with Crippen molar-refractivity contribution < 1.29 is 118 Å². The molecule has 2 aliphatic heterocycles. The van der Waals surface area contributed by atoms with E-state index in [9.17, 15) is 101 Å². The smallest absolute Gasteiger partial charge is 0.436 e. The molecule has 3 aliphatic rings. The lowest BCUT2D eigenvalue weighted by Crippen LogP contribution is -2.41. The molecule has 11 rings (SSSR count). The van der Waals surface area contributed by atoms with Gasteiger partial charge < -0.3 is 53.0 Å². The molecule has 2 fully saturated rings. The first-order valence-electron chi connectivity index (χ1n) is 35.0. The predicted molar refractivity (Wildman–Crippen MR) is 394 cm³/mol. The molecule has 0 unspecified atom stereocenters. The van der Waals surface area contributed by atoms with E-state index in [-0.39, 0.29) is 102 Å². The van der Waals surface area contributed by atoms with Gasteiger partial charge in [0.2, 0.25) is 52.3 Å². The van der Waals surface area contributed by atoms with E-state index < -0.39 is 143 Å². The Bertz CT molecular complexity index is 4870. The number of likely N-dealkylation sites (tertiary alicyclic amines) is 2. The zero-order valence-electron chi connectivity index (χ0n) is 61.9. The summed E-state index contributed by atoms with van der Waals surface area (Å²) in [6.45, 7) is 6.38. The van der Waals surface area contributed by atoms with E-state index in [1.807, 2.05) is 72.8 Å².